The molecule has 0 radical (unpaired) electrons. The number of piperazine rings is 4. The Kier molecular flexibility index (Phi) is 112. The van der Waals surface area contributed by atoms with Crippen LogP contribution in [0.4, 0.5) is 67.4 Å². The fourth-order valence-corrected chi connectivity index (χ4v) is 8.68. The molecule has 0 spiro atoms. The number of nitrogens with zero attached hydrogens (tertiary/aromatic N) is 6. The second kappa shape index (κ2) is 86.4. The van der Waals surface area contributed by atoms with Crippen molar-refractivity contribution < 1.29 is 64.7 Å². The fraction of sp³-hybridized carbons (Fsp3) is 0.649. The van der Waals surface area contributed by atoms with Crippen molar-refractivity contribution in [3.05, 3.63) is 123 Å². The van der Waals surface area contributed by atoms with Gasteiger partial charge in [-0.3, -0.25) is 14.4 Å². The molecule has 4 aromatic rings. The molecule has 0 bridgehead atoms. The second-order valence-electron chi connectivity index (χ2n) is 19.2. The van der Waals surface area contributed by atoms with Crippen LogP contribution in [-0.2, 0) is 27.2 Å². The van der Waals surface area contributed by atoms with Crippen molar-refractivity contribution in [3.63, 3.8) is 0 Å². The molecule has 4 aromatic carbocycles. The Labute approximate surface area is 722 Å². The summed E-state index contributed by atoms with van der Waals surface area (Å²) in [6.45, 7) is 72.6. The van der Waals surface area contributed by atoms with Gasteiger partial charge in [0.2, 0.25) is 17.7 Å². The average Bonchev–Trinajstić information content (AvgIpc) is 0.791. The standard InChI is InChI=1S/C15H22N2O.C13H20N2.C12H15ClN2O.C6H4Cl2.C6H12N2O.C3H8.11C2H6.2F6P.I2.3H2S/c1-3-6-14-7-4-5-8-15(14)17-11-9-16(10-12-17)13(2)18;1-2-5-12-6-3-4-7-13(12)15-10-8-14-9-11-15;1-10(16)14-6-8-15(9-7-14)12-5-3-2-4-11(12)13;7-5-3-1-2-4-6(5)8;1-6(9)8-4-2-7-3-5-8;1-3-2;11*1-2;2*1-7(2,3,4,5)6;1-2;;;/h4-5,7-8H,3,6,9-12H2,1-2H3;3-4,6-7,14H,2,5,8-11H2,1H3;2-5H,6-9H2,1H3;1-4H;7H,2-5H2,1H3;3H2,1-2H3;11*1-2H3;;;;3*1H2/q;;;;;;;;;;;;;;;;;2*-1;;;;. The van der Waals surface area contributed by atoms with Crippen LogP contribution in [0.2, 0.25) is 15.1 Å². The first-order valence-electron chi connectivity index (χ1n) is 38.2. The molecule has 2 N–H and O–H groups in total. The van der Waals surface area contributed by atoms with E-state index >= 15 is 0 Å². The van der Waals surface area contributed by atoms with Gasteiger partial charge in [-0.2, -0.15) is 40.5 Å². The second-order valence-corrected chi connectivity index (χ2v) is 24.3. The average molecular weight is 1990 g/mol. The van der Waals surface area contributed by atoms with Crippen molar-refractivity contribution in [3.8, 4) is 0 Å². The summed E-state index contributed by atoms with van der Waals surface area (Å²) in [5.41, 5.74) is 6.79. The van der Waals surface area contributed by atoms with Gasteiger partial charge in [-0.15, -0.1) is 0 Å². The molecule has 8 rings (SSSR count). The summed E-state index contributed by atoms with van der Waals surface area (Å²) in [6, 6.07) is 32.5. The SMILES string of the molecule is CC.CC.CC.CC.CC.CC.CC.CC.CC.CC.CC.CC(=O)N1CCN(c2ccccc2Cl)CC1.CC(=O)N1CCNCC1.CCC.CCCc1ccccc1N1CCN(C(C)=O)CC1.CCCc1ccccc1N1CCNCC1.Clc1ccccc1Cl.F[P-](F)(F)(F)(F)F.F[P-](F)(F)(F)(F)F.II.S.S.S. The zero-order valence-electron chi connectivity index (χ0n) is 72.3. The number of benzene rings is 4. The number of hydrogen-bond donors (Lipinski definition) is 2. The fourth-order valence-electron chi connectivity index (χ4n) is 8.16. The predicted molar refractivity (Wildman–Crippen MR) is 505 cm³/mol. The number of nitrogens with one attached hydrogen (secondary N) is 2. The number of para-hydroxylation sites is 3. The zero-order valence-corrected chi connectivity index (χ0v) is 83.7. The van der Waals surface area contributed by atoms with Gasteiger partial charge in [-0.1, -0.05) is 295 Å². The molecule has 4 saturated heterocycles. The molecule has 33 heteroatoms. The van der Waals surface area contributed by atoms with Crippen LogP contribution in [0.3, 0.4) is 0 Å². The maximum Gasteiger partial charge on any atom is 0 e. The molecule has 4 heterocycles. The normalized spacial score (nSPS) is 13.3. The number of anilines is 3. The van der Waals surface area contributed by atoms with Crippen molar-refractivity contribution in [1.82, 2.24) is 25.3 Å². The topological polar surface area (TPSA) is 94.7 Å². The van der Waals surface area contributed by atoms with E-state index in [0.29, 0.717) is 10.0 Å². The molecule has 0 unspecified atom stereocenters. The van der Waals surface area contributed by atoms with Crippen LogP contribution in [0.15, 0.2) is 97.1 Å². The molecule has 4 aliphatic heterocycles. The first-order valence-corrected chi connectivity index (χ1v) is 49.7. The molecule has 3 amide bonds. The number of rotatable bonds is 7. The zero-order chi connectivity index (χ0) is 87.2. The van der Waals surface area contributed by atoms with Crippen LogP contribution < -0.4 is 25.3 Å². The van der Waals surface area contributed by atoms with E-state index in [0.717, 1.165) is 122 Å². The Balaban J connectivity index is -0.0000000709. The van der Waals surface area contributed by atoms with Gasteiger partial charge in [0.25, 0.3) is 0 Å². The largest absolute Gasteiger partial charge is 0.197 e. The molecule has 4 fully saturated rings. The minimum Gasteiger partial charge on any atom is -0.197 e. The van der Waals surface area contributed by atoms with Crippen LogP contribution in [0, 0.1) is 0 Å². The Morgan fingerprint density at radius 2 is 0.509 bits per heavy atom. The summed E-state index contributed by atoms with van der Waals surface area (Å²) in [4.78, 5) is 46.0. The summed E-state index contributed by atoms with van der Waals surface area (Å²) < 4.78 is 118. The molecule has 11 nitrogen and oxygen atoms in total. The number of hydrogen-bond acceptors (Lipinski definition) is 8. The van der Waals surface area contributed by atoms with Crippen LogP contribution in [0.25, 0.3) is 0 Å². The number of halogens is 17. The van der Waals surface area contributed by atoms with Gasteiger partial charge in [0.15, 0.2) is 0 Å². The minimum absolute atomic E-state index is 0. The molecule has 0 atom stereocenters. The van der Waals surface area contributed by atoms with Crippen LogP contribution in [-0.4, -0.2) is 137 Å². The van der Waals surface area contributed by atoms with E-state index in [-0.39, 0.29) is 58.2 Å². The summed E-state index contributed by atoms with van der Waals surface area (Å²) in [5, 5.41) is 8.56. The Bertz CT molecular complexity index is 2530. The summed E-state index contributed by atoms with van der Waals surface area (Å²) >= 11 is 21.5. The van der Waals surface area contributed by atoms with E-state index in [1.165, 1.54) is 48.2 Å². The first kappa shape index (κ1) is 143. The Hall–Kier alpha value is -1.99. The quantitative estimate of drug-likeness (QED) is 0.107. The van der Waals surface area contributed by atoms with Gasteiger partial charge in [-0.05, 0) is 60.4 Å². The van der Waals surface area contributed by atoms with Crippen LogP contribution >= 0.6 is 128 Å². The monoisotopic (exact) mass is 1980 g/mol. The maximum atomic E-state index is 11.3. The van der Waals surface area contributed by atoms with Crippen molar-refractivity contribution >= 4 is 163 Å². The molecule has 110 heavy (non-hydrogen) atoms. The van der Waals surface area contributed by atoms with E-state index in [1.807, 2.05) is 203 Å². The summed E-state index contributed by atoms with van der Waals surface area (Å²) in [6.07, 6.45) is 5.97. The minimum atomic E-state index is -10.7. The third kappa shape index (κ3) is 100. The Morgan fingerprint density at radius 1 is 0.327 bits per heavy atom. The number of amides is 3. The molecule has 0 aromatic heterocycles. The first-order chi connectivity index (χ1) is 50.2. The van der Waals surface area contributed by atoms with Gasteiger partial charge in [0.05, 0.1) is 20.8 Å². The van der Waals surface area contributed by atoms with Crippen molar-refractivity contribution in [1.29, 1.82) is 0 Å². The van der Waals surface area contributed by atoms with Gasteiger partial charge in [-0.25, -0.2) is 0 Å². The molecule has 668 valence electrons. The van der Waals surface area contributed by atoms with Gasteiger partial charge in [0, 0.05) is 174 Å². The number of carbonyl (C=O) groups is 3. The maximum absolute atomic E-state index is 11.3. The smallest absolute Gasteiger partial charge is 0 e. The van der Waals surface area contributed by atoms with E-state index < -0.39 is 15.6 Å². The predicted octanol–water partition coefficient (Wildman–Crippen LogP) is 30.4. The van der Waals surface area contributed by atoms with Crippen LogP contribution in [0.5, 0.6) is 0 Å². The van der Waals surface area contributed by atoms with Crippen molar-refractivity contribution in [2.24, 2.45) is 0 Å². The van der Waals surface area contributed by atoms with E-state index in [4.69, 9.17) is 34.8 Å². The van der Waals surface area contributed by atoms with Gasteiger partial charge >= 0.3 is 66.0 Å². The number of carbonyl (C=O) groups excluding carboxylic acids is 3. The van der Waals surface area contributed by atoms with E-state index in [9.17, 15) is 64.7 Å². The third-order valence-corrected chi connectivity index (χ3v) is 12.9. The molecular weight excluding hydrogens is 1830 g/mol. The summed E-state index contributed by atoms with van der Waals surface area (Å²) in [5.74, 6) is 0.534. The Morgan fingerprint density at radius 3 is 0.718 bits per heavy atom. The van der Waals surface area contributed by atoms with Gasteiger partial charge < -0.3 is 40.0 Å². The molecular formula is C77H153Cl3F12I2N8O3P2S3-2. The summed E-state index contributed by atoms with van der Waals surface area (Å²) in [7, 11) is -21.3. The third-order valence-electron chi connectivity index (χ3n) is 11.9. The van der Waals surface area contributed by atoms with Crippen LogP contribution in [0.1, 0.15) is 231 Å². The van der Waals surface area contributed by atoms with Crippen molar-refractivity contribution in [2.75, 3.05) is 119 Å². The molecule has 0 aliphatic carbocycles. The molecule has 0 saturated carbocycles. The van der Waals surface area contributed by atoms with Crippen molar-refractivity contribution in [2.45, 2.75) is 233 Å². The van der Waals surface area contributed by atoms with E-state index in [2.05, 4.69) is 139 Å². The number of aryl methyl sites for hydroxylation is 2. The van der Waals surface area contributed by atoms with Gasteiger partial charge in [0.1, 0.15) is 0 Å². The van der Waals surface area contributed by atoms with E-state index in [1.54, 1.807) is 32.9 Å². The molecule has 4 aliphatic rings.